The summed E-state index contributed by atoms with van der Waals surface area (Å²) in [5, 5.41) is 0. The summed E-state index contributed by atoms with van der Waals surface area (Å²) in [5.41, 5.74) is 4.84. The highest BCUT2D eigenvalue weighted by molar-refractivity contribution is 5.52. The molecule has 2 aromatic rings. The van der Waals surface area contributed by atoms with Gasteiger partial charge in [-0.3, -0.25) is 0 Å². The molecule has 0 aromatic heterocycles. The molecule has 0 saturated heterocycles. The van der Waals surface area contributed by atoms with Crippen molar-refractivity contribution in [2.24, 2.45) is 0 Å². The average molecular weight is 264 g/mol. The first-order valence-corrected chi connectivity index (χ1v) is 6.76. The number of benzene rings is 2. The van der Waals surface area contributed by atoms with Crippen LogP contribution in [0.2, 0.25) is 0 Å². The van der Waals surface area contributed by atoms with Crippen molar-refractivity contribution in [3.8, 4) is 0 Å². The van der Waals surface area contributed by atoms with Gasteiger partial charge in [-0.2, -0.15) is 0 Å². The molecule has 0 unspecified atom stereocenters. The molecule has 0 spiro atoms. The van der Waals surface area contributed by atoms with E-state index in [1.807, 2.05) is 24.3 Å². The van der Waals surface area contributed by atoms with Gasteiger partial charge in [0.2, 0.25) is 0 Å². The van der Waals surface area contributed by atoms with E-state index < -0.39 is 0 Å². The maximum Gasteiger partial charge on any atom is 0.114 e. The van der Waals surface area contributed by atoms with Gasteiger partial charge in [-0.1, -0.05) is 66.7 Å². The minimum absolute atomic E-state index is 0.559. The van der Waals surface area contributed by atoms with Crippen molar-refractivity contribution in [1.29, 1.82) is 0 Å². The number of allylic oxidation sites excluding steroid dienone is 1. The Morgan fingerprint density at radius 3 is 2.45 bits per heavy atom. The van der Waals surface area contributed by atoms with Crippen molar-refractivity contribution in [3.63, 3.8) is 0 Å². The Balaban J connectivity index is 1.90. The lowest BCUT2D eigenvalue weighted by atomic mass is 10.1. The molecule has 20 heavy (non-hydrogen) atoms. The van der Waals surface area contributed by atoms with E-state index >= 15 is 0 Å². The summed E-state index contributed by atoms with van der Waals surface area (Å²) in [6, 6.07) is 16.6. The van der Waals surface area contributed by atoms with Gasteiger partial charge < -0.3 is 4.74 Å². The van der Waals surface area contributed by atoms with E-state index in [-0.39, 0.29) is 0 Å². The third kappa shape index (κ3) is 4.13. The van der Waals surface area contributed by atoms with Crippen LogP contribution in [0.3, 0.4) is 0 Å². The molecule has 0 saturated carbocycles. The molecule has 0 bridgehead atoms. The highest BCUT2D eigenvalue weighted by Crippen LogP contribution is 2.12. The first-order valence-electron chi connectivity index (χ1n) is 6.76. The fourth-order valence-electron chi connectivity index (χ4n) is 1.86. The Morgan fingerprint density at radius 1 is 1.05 bits per heavy atom. The second kappa shape index (κ2) is 6.76. The summed E-state index contributed by atoms with van der Waals surface area (Å²) in [7, 11) is 0. The summed E-state index contributed by atoms with van der Waals surface area (Å²) < 4.78 is 5.67. The molecule has 2 aromatic carbocycles. The van der Waals surface area contributed by atoms with Crippen molar-refractivity contribution in [2.45, 2.75) is 20.5 Å². The molecule has 0 fully saturated rings. The zero-order valence-electron chi connectivity index (χ0n) is 12.1. The molecule has 0 N–H and O–H groups in total. The minimum atomic E-state index is 0.559. The van der Waals surface area contributed by atoms with E-state index in [4.69, 9.17) is 4.74 Å². The lowest BCUT2D eigenvalue weighted by Crippen LogP contribution is -1.93. The van der Waals surface area contributed by atoms with E-state index in [0.717, 1.165) is 5.56 Å². The smallest absolute Gasteiger partial charge is 0.114 e. The van der Waals surface area contributed by atoms with Gasteiger partial charge in [-0.25, -0.2) is 0 Å². The number of hydrogen-bond donors (Lipinski definition) is 0. The number of aryl methyl sites for hydroxylation is 2. The highest BCUT2D eigenvalue weighted by atomic mass is 16.5. The fraction of sp³-hybridized carbons (Fsp3) is 0.158. The minimum Gasteiger partial charge on any atom is -0.490 e. The number of rotatable bonds is 5. The maximum atomic E-state index is 5.67. The van der Waals surface area contributed by atoms with Crippen molar-refractivity contribution >= 4 is 6.08 Å². The van der Waals surface area contributed by atoms with E-state index in [1.165, 1.54) is 16.7 Å². The lowest BCUT2D eigenvalue weighted by Gasteiger charge is -2.08. The first kappa shape index (κ1) is 14.1. The van der Waals surface area contributed by atoms with Gasteiger partial charge in [0, 0.05) is 0 Å². The van der Waals surface area contributed by atoms with Crippen LogP contribution in [0.15, 0.2) is 66.9 Å². The maximum absolute atomic E-state index is 5.67. The first-order chi connectivity index (χ1) is 9.65. The third-order valence-electron chi connectivity index (χ3n) is 3.21. The lowest BCUT2D eigenvalue weighted by molar-refractivity contribution is 0.212. The second-order valence-electron chi connectivity index (χ2n) is 4.93. The van der Waals surface area contributed by atoms with Crippen LogP contribution in [0.5, 0.6) is 0 Å². The van der Waals surface area contributed by atoms with Crippen LogP contribution in [0, 0.1) is 13.8 Å². The number of ether oxygens (including phenoxy) is 1. The summed E-state index contributed by atoms with van der Waals surface area (Å²) in [6.07, 6.45) is 3.92. The van der Waals surface area contributed by atoms with Crippen molar-refractivity contribution in [2.75, 3.05) is 0 Å². The van der Waals surface area contributed by atoms with Crippen molar-refractivity contribution in [1.82, 2.24) is 0 Å². The number of hydrogen-bond acceptors (Lipinski definition) is 1. The molecule has 1 heteroatoms. The van der Waals surface area contributed by atoms with Crippen LogP contribution in [-0.4, -0.2) is 0 Å². The Kier molecular flexibility index (Phi) is 4.78. The van der Waals surface area contributed by atoms with Crippen molar-refractivity contribution in [3.05, 3.63) is 89.2 Å². The molecule has 0 aliphatic rings. The van der Waals surface area contributed by atoms with E-state index in [9.17, 15) is 0 Å². The van der Waals surface area contributed by atoms with Crippen LogP contribution < -0.4 is 0 Å². The van der Waals surface area contributed by atoms with Crippen LogP contribution >= 0.6 is 0 Å². The van der Waals surface area contributed by atoms with E-state index in [0.29, 0.717) is 12.4 Å². The average Bonchev–Trinajstić information content (AvgIpc) is 2.46. The van der Waals surface area contributed by atoms with Gasteiger partial charge in [0.05, 0.1) is 0 Å². The fourth-order valence-corrected chi connectivity index (χ4v) is 1.86. The predicted octanol–water partition coefficient (Wildman–Crippen LogP) is 5.05. The standard InChI is InChI=1S/C19H20O/c1-15-8-11-18(12-9-15)13-10-17(3)20-14-19-7-5-4-6-16(19)2/h4-13H,3,14H2,1-2H3/b13-10+. The molecule has 0 atom stereocenters. The molecule has 0 aliphatic heterocycles. The molecule has 0 amide bonds. The summed E-state index contributed by atoms with van der Waals surface area (Å²) in [5.74, 6) is 0.675. The summed E-state index contributed by atoms with van der Waals surface area (Å²) in [4.78, 5) is 0. The molecular formula is C19H20O. The molecular weight excluding hydrogens is 244 g/mol. The highest BCUT2D eigenvalue weighted by Gasteiger charge is 1.97. The Labute approximate surface area is 121 Å². The normalized spacial score (nSPS) is 10.7. The topological polar surface area (TPSA) is 9.23 Å². The van der Waals surface area contributed by atoms with Gasteiger partial charge >= 0.3 is 0 Å². The molecule has 0 heterocycles. The van der Waals surface area contributed by atoms with Gasteiger partial charge in [0.25, 0.3) is 0 Å². The monoisotopic (exact) mass is 264 g/mol. The molecule has 0 aliphatic carbocycles. The molecule has 102 valence electrons. The van der Waals surface area contributed by atoms with Crippen molar-refractivity contribution < 1.29 is 4.74 Å². The quantitative estimate of drug-likeness (QED) is 0.542. The van der Waals surface area contributed by atoms with Crippen LogP contribution in [0.1, 0.15) is 22.3 Å². The van der Waals surface area contributed by atoms with Gasteiger partial charge in [-0.15, -0.1) is 0 Å². The van der Waals surface area contributed by atoms with Crippen LogP contribution in [0.4, 0.5) is 0 Å². The van der Waals surface area contributed by atoms with Crippen LogP contribution in [-0.2, 0) is 11.3 Å². The summed E-state index contributed by atoms with van der Waals surface area (Å²) >= 11 is 0. The zero-order chi connectivity index (χ0) is 14.4. The Hall–Kier alpha value is -2.28. The van der Waals surface area contributed by atoms with Crippen LogP contribution in [0.25, 0.3) is 6.08 Å². The molecule has 0 radical (unpaired) electrons. The molecule has 2 rings (SSSR count). The summed E-state index contributed by atoms with van der Waals surface area (Å²) in [6.45, 7) is 8.65. The largest absolute Gasteiger partial charge is 0.490 e. The Bertz CT molecular complexity index is 606. The second-order valence-corrected chi connectivity index (χ2v) is 4.93. The predicted molar refractivity (Wildman–Crippen MR) is 85.3 cm³/mol. The third-order valence-corrected chi connectivity index (χ3v) is 3.21. The SMILES string of the molecule is C=C(/C=C/c1ccc(C)cc1)OCc1ccccc1C. The Morgan fingerprint density at radius 2 is 1.75 bits per heavy atom. The van der Waals surface area contributed by atoms with E-state index in [2.05, 4.69) is 56.8 Å². The van der Waals surface area contributed by atoms with Gasteiger partial charge in [0.1, 0.15) is 12.4 Å². The zero-order valence-corrected chi connectivity index (χ0v) is 12.1. The van der Waals surface area contributed by atoms with Gasteiger partial charge in [-0.05, 0) is 36.6 Å². The molecule has 1 nitrogen and oxygen atoms in total. The van der Waals surface area contributed by atoms with E-state index in [1.54, 1.807) is 0 Å². The van der Waals surface area contributed by atoms with Gasteiger partial charge in [0.15, 0.2) is 0 Å².